The zero-order valence-electron chi connectivity index (χ0n) is 9.38. The van der Waals surface area contributed by atoms with Crippen LogP contribution in [0, 0.1) is 0 Å². The van der Waals surface area contributed by atoms with E-state index in [0.29, 0.717) is 12.7 Å². The van der Waals surface area contributed by atoms with Crippen molar-refractivity contribution < 1.29 is 19.2 Å². The highest BCUT2D eigenvalue weighted by Crippen LogP contribution is 2.24. The Labute approximate surface area is 97.7 Å². The summed E-state index contributed by atoms with van der Waals surface area (Å²) in [6, 6.07) is -1.44. The molecule has 17 heavy (non-hydrogen) atoms. The molecule has 2 aliphatic heterocycles. The van der Waals surface area contributed by atoms with Crippen LogP contribution < -0.4 is 5.32 Å². The standard InChI is InChI=1S/C10H13N3O4/c1-6-4-7(9(16)12(6)2-3-14)13-8(15)5-11-10(13)17/h3,6-7H,2,4-5H2,1H3,(H,11,17). The largest absolute Gasteiger partial charge is 0.331 e. The summed E-state index contributed by atoms with van der Waals surface area (Å²) in [4.78, 5) is 47.7. The lowest BCUT2D eigenvalue weighted by Gasteiger charge is -2.20. The van der Waals surface area contributed by atoms with Crippen molar-refractivity contribution in [1.29, 1.82) is 0 Å². The van der Waals surface area contributed by atoms with Crippen LogP contribution in [0.4, 0.5) is 4.79 Å². The molecule has 0 aliphatic carbocycles. The first-order valence-electron chi connectivity index (χ1n) is 5.40. The first-order valence-corrected chi connectivity index (χ1v) is 5.40. The Bertz CT molecular complexity index is 379. The molecule has 1 N–H and O–H groups in total. The second kappa shape index (κ2) is 4.15. The molecule has 7 nitrogen and oxygen atoms in total. The number of aldehydes is 1. The zero-order valence-corrected chi connectivity index (χ0v) is 9.38. The fourth-order valence-corrected chi connectivity index (χ4v) is 2.28. The quantitative estimate of drug-likeness (QED) is 0.491. The molecule has 0 bridgehead atoms. The Morgan fingerprint density at radius 2 is 2.12 bits per heavy atom. The molecule has 0 aromatic heterocycles. The van der Waals surface area contributed by atoms with E-state index >= 15 is 0 Å². The summed E-state index contributed by atoms with van der Waals surface area (Å²) in [6.45, 7) is 1.73. The Morgan fingerprint density at radius 1 is 1.41 bits per heavy atom. The van der Waals surface area contributed by atoms with Crippen molar-refractivity contribution in [1.82, 2.24) is 15.1 Å². The van der Waals surface area contributed by atoms with Crippen LogP contribution in [0.2, 0.25) is 0 Å². The van der Waals surface area contributed by atoms with Crippen LogP contribution in [0.15, 0.2) is 0 Å². The van der Waals surface area contributed by atoms with Crippen LogP contribution >= 0.6 is 0 Å². The van der Waals surface area contributed by atoms with Gasteiger partial charge in [0, 0.05) is 6.04 Å². The van der Waals surface area contributed by atoms with Crippen LogP contribution in [0.5, 0.6) is 0 Å². The normalized spacial score (nSPS) is 28.9. The predicted molar refractivity (Wildman–Crippen MR) is 55.9 cm³/mol. The Balaban J connectivity index is 2.18. The number of nitrogens with zero attached hydrogens (tertiary/aromatic N) is 2. The number of urea groups is 1. The van der Waals surface area contributed by atoms with Gasteiger partial charge in [0.1, 0.15) is 12.3 Å². The van der Waals surface area contributed by atoms with Crippen molar-refractivity contribution in [3.05, 3.63) is 0 Å². The lowest BCUT2D eigenvalue weighted by molar-refractivity contribution is -0.138. The number of rotatable bonds is 3. The predicted octanol–water partition coefficient (Wildman–Crippen LogP) is -1.27. The minimum absolute atomic E-state index is 0.000148. The molecule has 0 aromatic carbocycles. The van der Waals surface area contributed by atoms with Gasteiger partial charge in [-0.05, 0) is 13.3 Å². The molecule has 2 atom stereocenters. The number of carbonyl (C=O) groups excluding carboxylic acids is 4. The number of hydrogen-bond acceptors (Lipinski definition) is 4. The molecule has 2 saturated heterocycles. The number of nitrogens with one attached hydrogen (secondary N) is 1. The molecular weight excluding hydrogens is 226 g/mol. The van der Waals surface area contributed by atoms with Gasteiger partial charge in [-0.1, -0.05) is 0 Å². The van der Waals surface area contributed by atoms with Crippen molar-refractivity contribution >= 4 is 24.1 Å². The third-order valence-electron chi connectivity index (χ3n) is 3.13. The highest BCUT2D eigenvalue weighted by molar-refractivity contribution is 6.06. The summed E-state index contributed by atoms with van der Waals surface area (Å²) in [6.07, 6.45) is 1.02. The summed E-state index contributed by atoms with van der Waals surface area (Å²) in [5.41, 5.74) is 0. The SMILES string of the molecule is CC1CC(N2C(=O)CNC2=O)C(=O)N1CC=O. The zero-order chi connectivity index (χ0) is 12.6. The average Bonchev–Trinajstić information content (AvgIpc) is 2.74. The average molecular weight is 239 g/mol. The van der Waals surface area contributed by atoms with Crippen LogP contribution in [-0.2, 0) is 14.4 Å². The fraction of sp³-hybridized carbons (Fsp3) is 0.600. The number of carbonyl (C=O) groups is 4. The van der Waals surface area contributed by atoms with E-state index in [2.05, 4.69) is 5.32 Å². The van der Waals surface area contributed by atoms with E-state index in [1.54, 1.807) is 6.92 Å². The first kappa shape index (κ1) is 11.6. The van der Waals surface area contributed by atoms with E-state index in [9.17, 15) is 19.2 Å². The second-order valence-corrected chi connectivity index (χ2v) is 4.18. The van der Waals surface area contributed by atoms with Gasteiger partial charge in [-0.3, -0.25) is 14.5 Å². The number of amides is 4. The Hall–Kier alpha value is -1.92. The molecule has 92 valence electrons. The van der Waals surface area contributed by atoms with Gasteiger partial charge < -0.3 is 15.0 Å². The van der Waals surface area contributed by atoms with Gasteiger partial charge in [0.05, 0.1) is 13.1 Å². The van der Waals surface area contributed by atoms with Gasteiger partial charge >= 0.3 is 6.03 Å². The van der Waals surface area contributed by atoms with Crippen molar-refractivity contribution in [2.75, 3.05) is 13.1 Å². The van der Waals surface area contributed by atoms with Gasteiger partial charge in [-0.25, -0.2) is 4.79 Å². The maximum absolute atomic E-state index is 12.0. The highest BCUT2D eigenvalue weighted by Gasteiger charge is 2.46. The molecule has 0 spiro atoms. The van der Waals surface area contributed by atoms with Gasteiger partial charge in [-0.15, -0.1) is 0 Å². The molecule has 2 aliphatic rings. The Kier molecular flexibility index (Phi) is 2.83. The lowest BCUT2D eigenvalue weighted by Crippen LogP contribution is -2.45. The number of likely N-dealkylation sites (tertiary alicyclic amines) is 1. The summed E-state index contributed by atoms with van der Waals surface area (Å²) >= 11 is 0. The lowest BCUT2D eigenvalue weighted by atomic mass is 10.1. The minimum atomic E-state index is -0.764. The van der Waals surface area contributed by atoms with Crippen LogP contribution in [0.25, 0.3) is 0 Å². The molecule has 2 unspecified atom stereocenters. The topological polar surface area (TPSA) is 86.8 Å². The van der Waals surface area contributed by atoms with E-state index in [-0.39, 0.29) is 25.0 Å². The molecule has 0 saturated carbocycles. The first-order chi connectivity index (χ1) is 8.06. The van der Waals surface area contributed by atoms with E-state index in [1.807, 2.05) is 0 Å². The molecule has 0 radical (unpaired) electrons. The molecule has 4 amide bonds. The summed E-state index contributed by atoms with van der Waals surface area (Å²) in [5, 5.41) is 2.38. The maximum atomic E-state index is 12.0. The van der Waals surface area contributed by atoms with Crippen molar-refractivity contribution in [2.45, 2.75) is 25.4 Å². The van der Waals surface area contributed by atoms with E-state index in [1.165, 1.54) is 4.90 Å². The van der Waals surface area contributed by atoms with Crippen molar-refractivity contribution in [3.8, 4) is 0 Å². The maximum Gasteiger partial charge on any atom is 0.325 e. The smallest absolute Gasteiger partial charge is 0.325 e. The van der Waals surface area contributed by atoms with E-state index in [0.717, 1.165) is 4.90 Å². The summed E-state index contributed by atoms with van der Waals surface area (Å²) < 4.78 is 0. The van der Waals surface area contributed by atoms with E-state index < -0.39 is 18.0 Å². The molecule has 7 heteroatoms. The third-order valence-corrected chi connectivity index (χ3v) is 3.13. The van der Waals surface area contributed by atoms with Crippen LogP contribution in [-0.4, -0.2) is 59.1 Å². The monoisotopic (exact) mass is 239 g/mol. The third kappa shape index (κ3) is 1.77. The minimum Gasteiger partial charge on any atom is -0.331 e. The number of hydrogen-bond donors (Lipinski definition) is 1. The van der Waals surface area contributed by atoms with Crippen LogP contribution in [0.1, 0.15) is 13.3 Å². The highest BCUT2D eigenvalue weighted by atomic mass is 16.2. The second-order valence-electron chi connectivity index (χ2n) is 4.18. The molecule has 0 aromatic rings. The van der Waals surface area contributed by atoms with Crippen LogP contribution in [0.3, 0.4) is 0 Å². The fourth-order valence-electron chi connectivity index (χ4n) is 2.28. The molecule has 2 rings (SSSR count). The number of imide groups is 1. The molecular formula is C10H13N3O4. The van der Waals surface area contributed by atoms with E-state index in [4.69, 9.17) is 0 Å². The van der Waals surface area contributed by atoms with Gasteiger partial charge in [-0.2, -0.15) is 0 Å². The summed E-state index contributed by atoms with van der Waals surface area (Å²) in [5.74, 6) is -0.733. The van der Waals surface area contributed by atoms with Gasteiger partial charge in [0.25, 0.3) is 5.91 Å². The van der Waals surface area contributed by atoms with Crippen molar-refractivity contribution in [3.63, 3.8) is 0 Å². The van der Waals surface area contributed by atoms with Crippen molar-refractivity contribution in [2.24, 2.45) is 0 Å². The molecule has 2 heterocycles. The summed E-state index contributed by atoms with van der Waals surface area (Å²) in [7, 11) is 0. The Morgan fingerprint density at radius 3 is 2.65 bits per heavy atom. The van der Waals surface area contributed by atoms with Gasteiger partial charge in [0.2, 0.25) is 5.91 Å². The molecule has 2 fully saturated rings. The van der Waals surface area contributed by atoms with Gasteiger partial charge in [0.15, 0.2) is 0 Å².